The van der Waals surface area contributed by atoms with E-state index in [4.69, 9.17) is 4.74 Å². The van der Waals surface area contributed by atoms with E-state index in [0.717, 1.165) is 5.56 Å². The molecule has 0 bridgehead atoms. The van der Waals surface area contributed by atoms with E-state index in [1.54, 1.807) is 38.1 Å². The van der Waals surface area contributed by atoms with Crippen molar-refractivity contribution in [3.8, 4) is 0 Å². The van der Waals surface area contributed by atoms with Crippen molar-refractivity contribution in [3.63, 3.8) is 0 Å². The normalized spacial score (nSPS) is 25.0. The number of nitro groups is 1. The number of β-lactam (4-membered cyclic amide) rings is 1. The number of carbonyl (C=O) groups is 3. The minimum atomic E-state index is -1.67. The van der Waals surface area contributed by atoms with Crippen molar-refractivity contribution >= 4 is 34.3 Å². The summed E-state index contributed by atoms with van der Waals surface area (Å²) in [6, 6.07) is 13.3. The summed E-state index contributed by atoms with van der Waals surface area (Å²) in [6.45, 7) is 3.16. The van der Waals surface area contributed by atoms with E-state index in [2.05, 4.69) is 5.32 Å². The second kappa shape index (κ2) is 8.39. The van der Waals surface area contributed by atoms with Crippen molar-refractivity contribution in [2.45, 2.75) is 42.7 Å². The number of nitrogens with one attached hydrogen (secondary N) is 1. The molecule has 2 aliphatic heterocycles. The molecule has 0 spiro atoms. The molecule has 172 valence electrons. The predicted octanol–water partition coefficient (Wildman–Crippen LogP) is 1.51. The van der Waals surface area contributed by atoms with Crippen LogP contribution in [-0.2, 0) is 31.5 Å². The standard InChI is InChI=1S/C22H21N3O7S/c1-22(2)21(32-20(28)14-10-6-7-11-15(14)25(29)30)24-18(27)17(19(24)33(22)31)23-16(26)12-13-8-4-3-5-9-13/h3-11,17,19,21H,12H2,1-2H3,(H,23,26)/t17-,19-,21+,33?/m1/s1. The molecule has 1 N–H and O–H groups in total. The first-order chi connectivity index (χ1) is 15.6. The van der Waals surface area contributed by atoms with Gasteiger partial charge in [0.15, 0.2) is 6.23 Å². The third kappa shape index (κ3) is 3.88. The number of hydrogen-bond acceptors (Lipinski definition) is 7. The van der Waals surface area contributed by atoms with Crippen LogP contribution in [0.2, 0.25) is 0 Å². The van der Waals surface area contributed by atoms with Crippen LogP contribution >= 0.6 is 0 Å². The Morgan fingerprint density at radius 1 is 1.15 bits per heavy atom. The zero-order valence-electron chi connectivity index (χ0n) is 17.8. The van der Waals surface area contributed by atoms with E-state index in [0.29, 0.717) is 0 Å². The summed E-state index contributed by atoms with van der Waals surface area (Å²) in [5, 5.41) is 13.0. The van der Waals surface area contributed by atoms with Gasteiger partial charge in [0, 0.05) is 6.07 Å². The number of nitrogens with zero attached hydrogens (tertiary/aromatic N) is 2. The van der Waals surface area contributed by atoms with Crippen LogP contribution in [0.15, 0.2) is 54.6 Å². The van der Waals surface area contributed by atoms with Gasteiger partial charge in [0.2, 0.25) is 5.91 Å². The number of ether oxygens (including phenoxy) is 1. The van der Waals surface area contributed by atoms with Crippen LogP contribution in [0.1, 0.15) is 29.8 Å². The van der Waals surface area contributed by atoms with Crippen molar-refractivity contribution < 1.29 is 28.3 Å². The van der Waals surface area contributed by atoms with Gasteiger partial charge in [-0.25, -0.2) is 4.79 Å². The Morgan fingerprint density at radius 2 is 1.79 bits per heavy atom. The van der Waals surface area contributed by atoms with Gasteiger partial charge < -0.3 is 10.1 Å². The SMILES string of the molecule is CC1(C)[C@H](OC(=O)c2ccccc2[N+](=O)[O-])N2C(=O)[C@@H](NC(=O)Cc3ccccc3)[C@H]2S1=O. The Hall–Kier alpha value is -3.60. The monoisotopic (exact) mass is 471 g/mol. The van der Waals surface area contributed by atoms with E-state index >= 15 is 0 Å². The van der Waals surface area contributed by atoms with E-state index < -0.39 is 61.6 Å². The first-order valence-electron chi connectivity index (χ1n) is 10.1. The van der Waals surface area contributed by atoms with E-state index in [9.17, 15) is 28.7 Å². The molecule has 33 heavy (non-hydrogen) atoms. The van der Waals surface area contributed by atoms with E-state index in [1.807, 2.05) is 6.07 Å². The highest BCUT2D eigenvalue weighted by molar-refractivity contribution is 7.87. The van der Waals surface area contributed by atoms with Gasteiger partial charge in [-0.2, -0.15) is 0 Å². The number of benzene rings is 2. The minimum Gasteiger partial charge on any atom is -0.436 e. The second-order valence-corrected chi connectivity index (χ2v) is 10.4. The molecule has 2 saturated heterocycles. The highest BCUT2D eigenvalue weighted by atomic mass is 32.2. The fourth-order valence-corrected chi connectivity index (χ4v) is 5.85. The van der Waals surface area contributed by atoms with Crippen LogP contribution in [0.5, 0.6) is 0 Å². The number of esters is 1. The second-order valence-electron chi connectivity index (χ2n) is 8.28. The highest BCUT2D eigenvalue weighted by Crippen LogP contribution is 2.44. The summed E-state index contributed by atoms with van der Waals surface area (Å²) in [5.41, 5.74) is 0.0629. The van der Waals surface area contributed by atoms with Gasteiger partial charge in [0.05, 0.1) is 26.9 Å². The molecule has 2 aliphatic rings. The third-order valence-electron chi connectivity index (χ3n) is 5.73. The van der Waals surface area contributed by atoms with Crippen LogP contribution in [0.3, 0.4) is 0 Å². The maximum atomic E-state index is 13.2. The molecule has 10 nitrogen and oxygen atoms in total. The lowest BCUT2D eigenvalue weighted by atomic mass is 10.0. The highest BCUT2D eigenvalue weighted by Gasteiger charge is 2.67. The lowest BCUT2D eigenvalue weighted by Gasteiger charge is -2.43. The molecule has 2 fully saturated rings. The number of hydrogen-bond donors (Lipinski definition) is 1. The van der Waals surface area contributed by atoms with Crippen molar-refractivity contribution in [2.75, 3.05) is 0 Å². The lowest BCUT2D eigenvalue weighted by Crippen LogP contribution is -2.71. The van der Waals surface area contributed by atoms with E-state index in [-0.39, 0.29) is 12.0 Å². The van der Waals surface area contributed by atoms with Gasteiger partial charge in [-0.15, -0.1) is 0 Å². The summed E-state index contributed by atoms with van der Waals surface area (Å²) < 4.78 is 17.5. The number of carbonyl (C=O) groups excluding carboxylic acids is 3. The maximum absolute atomic E-state index is 13.2. The number of para-hydroxylation sites is 1. The topological polar surface area (TPSA) is 136 Å². The molecular weight excluding hydrogens is 450 g/mol. The Balaban J connectivity index is 1.51. The van der Waals surface area contributed by atoms with Gasteiger partial charge in [0.25, 0.3) is 11.6 Å². The number of nitro benzene ring substituents is 1. The molecule has 0 aromatic heterocycles. The Bertz CT molecular complexity index is 1170. The fourth-order valence-electron chi connectivity index (χ4n) is 4.02. The molecule has 2 heterocycles. The average molecular weight is 471 g/mol. The summed E-state index contributed by atoms with van der Waals surface area (Å²) in [5.74, 6) is -1.92. The van der Waals surface area contributed by atoms with Crippen LogP contribution in [0.4, 0.5) is 5.69 Å². The molecule has 1 unspecified atom stereocenters. The van der Waals surface area contributed by atoms with Gasteiger partial charge >= 0.3 is 5.97 Å². The molecule has 0 saturated carbocycles. The molecule has 4 rings (SSSR count). The smallest absolute Gasteiger partial charge is 0.347 e. The van der Waals surface area contributed by atoms with Crippen molar-refractivity contribution in [1.29, 1.82) is 0 Å². The van der Waals surface area contributed by atoms with Gasteiger partial charge in [-0.1, -0.05) is 42.5 Å². The van der Waals surface area contributed by atoms with Gasteiger partial charge in [-0.05, 0) is 25.5 Å². The van der Waals surface area contributed by atoms with Gasteiger partial charge in [0.1, 0.15) is 17.0 Å². The predicted molar refractivity (Wildman–Crippen MR) is 117 cm³/mol. The largest absolute Gasteiger partial charge is 0.436 e. The van der Waals surface area contributed by atoms with Crippen LogP contribution in [-0.4, -0.2) is 54.2 Å². The first-order valence-corrected chi connectivity index (χ1v) is 11.3. The summed E-state index contributed by atoms with van der Waals surface area (Å²) >= 11 is 0. The molecule has 2 aromatic carbocycles. The molecule has 0 aliphatic carbocycles. The fraction of sp³-hybridized carbons (Fsp3) is 0.318. The Morgan fingerprint density at radius 3 is 2.45 bits per heavy atom. The summed E-state index contributed by atoms with van der Waals surface area (Å²) in [7, 11) is -1.67. The molecule has 2 amide bonds. The molecule has 2 aromatic rings. The van der Waals surface area contributed by atoms with Crippen LogP contribution < -0.4 is 5.32 Å². The summed E-state index contributed by atoms with van der Waals surface area (Å²) in [6.07, 6.45) is -1.14. The van der Waals surface area contributed by atoms with Crippen LogP contribution in [0, 0.1) is 10.1 Å². The zero-order chi connectivity index (χ0) is 23.9. The number of fused-ring (bicyclic) bond motifs is 1. The third-order valence-corrected chi connectivity index (χ3v) is 7.91. The van der Waals surface area contributed by atoms with Crippen molar-refractivity contribution in [2.24, 2.45) is 0 Å². The Labute approximate surface area is 191 Å². The lowest BCUT2D eigenvalue weighted by molar-refractivity contribution is -0.385. The molecule has 0 radical (unpaired) electrons. The summed E-state index contributed by atoms with van der Waals surface area (Å²) in [4.78, 5) is 49.7. The van der Waals surface area contributed by atoms with E-state index in [1.165, 1.54) is 29.2 Å². The van der Waals surface area contributed by atoms with Crippen molar-refractivity contribution in [3.05, 3.63) is 75.8 Å². The molecule has 11 heteroatoms. The van der Waals surface area contributed by atoms with Gasteiger partial charge in [-0.3, -0.25) is 28.8 Å². The van der Waals surface area contributed by atoms with Crippen molar-refractivity contribution in [1.82, 2.24) is 10.2 Å². The maximum Gasteiger partial charge on any atom is 0.347 e. The minimum absolute atomic E-state index is 0.0590. The quantitative estimate of drug-likeness (QED) is 0.292. The number of amides is 2. The van der Waals surface area contributed by atoms with Crippen LogP contribution in [0.25, 0.3) is 0 Å². The first kappa shape index (κ1) is 22.6. The molecular formula is C22H21N3O7S. The molecule has 4 atom stereocenters. The number of rotatable bonds is 6. The Kier molecular flexibility index (Phi) is 5.75. The zero-order valence-corrected chi connectivity index (χ0v) is 18.6. The average Bonchev–Trinajstić information content (AvgIpc) is 2.96.